The molecule has 0 saturated carbocycles. The zero-order valence-electron chi connectivity index (χ0n) is 7.57. The molecule has 0 bridgehead atoms. The first kappa shape index (κ1) is 9.25. The number of hydrogen-bond donors (Lipinski definition) is 1. The van der Waals surface area contributed by atoms with Crippen molar-refractivity contribution < 1.29 is 0 Å². The van der Waals surface area contributed by atoms with E-state index in [1.807, 2.05) is 17.5 Å². The first-order valence-corrected chi connectivity index (χ1v) is 3.83. The van der Waals surface area contributed by atoms with E-state index in [4.69, 9.17) is 5.73 Å². The normalized spacial score (nSPS) is 9.31. The minimum absolute atomic E-state index is 0.521. The number of hydrogen-bond acceptors (Lipinski definition) is 3. The third-order valence-corrected chi connectivity index (χ3v) is 1.67. The fourth-order valence-electron chi connectivity index (χ4n) is 1.08. The van der Waals surface area contributed by atoms with Gasteiger partial charge < -0.3 is 5.73 Å². The van der Waals surface area contributed by atoms with Crippen LogP contribution in [0.5, 0.6) is 0 Å². The van der Waals surface area contributed by atoms with Gasteiger partial charge in [-0.1, -0.05) is 0 Å². The van der Waals surface area contributed by atoms with Gasteiger partial charge in [-0.25, -0.2) is 9.97 Å². The maximum absolute atomic E-state index is 5.60. The van der Waals surface area contributed by atoms with Crippen LogP contribution in [-0.4, -0.2) is 14.4 Å². The van der Waals surface area contributed by atoms with Gasteiger partial charge in [-0.15, -0.1) is 13.2 Å². The Morgan fingerprint density at radius 2 is 2.08 bits per heavy atom. The molecule has 4 heteroatoms. The number of imidazole rings is 1. The number of anilines is 1. The molecular formula is C9H12N4. The molecule has 0 fully saturated rings. The van der Waals surface area contributed by atoms with E-state index in [1.165, 1.54) is 0 Å². The van der Waals surface area contributed by atoms with Crippen LogP contribution in [0.1, 0.15) is 5.82 Å². The summed E-state index contributed by atoms with van der Waals surface area (Å²) in [5.41, 5.74) is 6.46. The summed E-state index contributed by atoms with van der Waals surface area (Å²) in [6.07, 6.45) is 5.22. The predicted molar refractivity (Wildman–Crippen MR) is 53.4 cm³/mol. The van der Waals surface area contributed by atoms with Crippen LogP contribution in [0.2, 0.25) is 0 Å². The van der Waals surface area contributed by atoms with Crippen molar-refractivity contribution in [3.63, 3.8) is 0 Å². The maximum atomic E-state index is 5.60. The fraction of sp³-hybridized carbons (Fsp3) is 0.111. The molecule has 0 aliphatic heterocycles. The minimum atomic E-state index is 0.521. The molecule has 13 heavy (non-hydrogen) atoms. The third-order valence-electron chi connectivity index (χ3n) is 1.67. The molecule has 0 aromatic carbocycles. The quantitative estimate of drug-likeness (QED) is 0.617. The van der Waals surface area contributed by atoms with Crippen molar-refractivity contribution in [1.82, 2.24) is 14.4 Å². The zero-order valence-corrected chi connectivity index (χ0v) is 7.57. The highest BCUT2D eigenvalue weighted by Gasteiger charge is 2.00. The third kappa shape index (κ3) is 1.51. The summed E-state index contributed by atoms with van der Waals surface area (Å²) in [5.74, 6) is 1.45. The van der Waals surface area contributed by atoms with Crippen molar-refractivity contribution in [3.8, 4) is 0 Å². The van der Waals surface area contributed by atoms with Crippen molar-refractivity contribution in [2.24, 2.45) is 0 Å². The number of aryl methyl sites for hydroxylation is 1. The van der Waals surface area contributed by atoms with Crippen LogP contribution in [0, 0.1) is 6.92 Å². The van der Waals surface area contributed by atoms with Crippen molar-refractivity contribution in [1.29, 1.82) is 0 Å². The Labute approximate surface area is 76.7 Å². The average molecular weight is 176 g/mol. The lowest BCUT2D eigenvalue weighted by Crippen LogP contribution is -1.95. The van der Waals surface area contributed by atoms with E-state index in [1.54, 1.807) is 12.4 Å². The number of rotatable bonds is 0. The van der Waals surface area contributed by atoms with Gasteiger partial charge in [0.05, 0.1) is 6.20 Å². The van der Waals surface area contributed by atoms with Gasteiger partial charge in [-0.05, 0) is 6.92 Å². The van der Waals surface area contributed by atoms with E-state index in [-0.39, 0.29) is 0 Å². The zero-order chi connectivity index (χ0) is 9.84. The van der Waals surface area contributed by atoms with Gasteiger partial charge in [0, 0.05) is 12.4 Å². The van der Waals surface area contributed by atoms with Crippen LogP contribution in [0.25, 0.3) is 5.52 Å². The summed E-state index contributed by atoms with van der Waals surface area (Å²) in [7, 11) is 0. The van der Waals surface area contributed by atoms with Gasteiger partial charge in [0.2, 0.25) is 0 Å². The van der Waals surface area contributed by atoms with Gasteiger partial charge in [-0.2, -0.15) is 0 Å². The first-order chi connectivity index (χ1) is 6.29. The number of aromatic nitrogens is 3. The van der Waals surface area contributed by atoms with E-state index < -0.39 is 0 Å². The van der Waals surface area contributed by atoms with E-state index in [9.17, 15) is 0 Å². The molecule has 0 spiro atoms. The molecule has 0 aliphatic rings. The monoisotopic (exact) mass is 176 g/mol. The lowest BCUT2D eigenvalue weighted by molar-refractivity contribution is 1.03. The molecule has 2 N–H and O–H groups in total. The van der Waals surface area contributed by atoms with Gasteiger partial charge in [0.25, 0.3) is 0 Å². The summed E-state index contributed by atoms with van der Waals surface area (Å²) >= 11 is 0. The number of fused-ring (bicyclic) bond motifs is 1. The summed E-state index contributed by atoms with van der Waals surface area (Å²) in [6.45, 7) is 7.92. The van der Waals surface area contributed by atoms with Crippen LogP contribution in [-0.2, 0) is 0 Å². The highest BCUT2D eigenvalue weighted by atomic mass is 15.0. The standard InChI is InChI=1S/C7H8N4.C2H4/c1-5-10-4-6-7(8)9-2-3-11(5)6;1-2/h2-4H,1H3,(H2,8,9);1-2H2. The smallest absolute Gasteiger partial charge is 0.149 e. The van der Waals surface area contributed by atoms with E-state index in [0.717, 1.165) is 11.3 Å². The lowest BCUT2D eigenvalue weighted by Gasteiger charge is -1.96. The number of nitrogens with two attached hydrogens (primary N) is 1. The molecule has 0 amide bonds. The average Bonchev–Trinajstić information content (AvgIpc) is 2.53. The summed E-state index contributed by atoms with van der Waals surface area (Å²) < 4.78 is 1.91. The largest absolute Gasteiger partial charge is 0.382 e. The van der Waals surface area contributed by atoms with Crippen molar-refractivity contribution >= 4 is 11.3 Å². The van der Waals surface area contributed by atoms with Crippen LogP contribution >= 0.6 is 0 Å². The Bertz CT molecular complexity index is 405. The molecule has 0 aliphatic carbocycles. The summed E-state index contributed by atoms with van der Waals surface area (Å²) in [4.78, 5) is 8.04. The SMILES string of the molecule is C=C.Cc1ncc2c(N)nccn12. The number of nitrogen functional groups attached to an aromatic ring is 1. The number of nitrogens with zero attached hydrogens (tertiary/aromatic N) is 3. The molecule has 4 nitrogen and oxygen atoms in total. The van der Waals surface area contributed by atoms with Crippen LogP contribution < -0.4 is 5.73 Å². The van der Waals surface area contributed by atoms with E-state index in [0.29, 0.717) is 5.82 Å². The second kappa shape index (κ2) is 3.71. The Morgan fingerprint density at radius 3 is 2.69 bits per heavy atom. The second-order valence-corrected chi connectivity index (χ2v) is 2.37. The Kier molecular flexibility index (Phi) is 2.64. The van der Waals surface area contributed by atoms with Crippen LogP contribution in [0.15, 0.2) is 31.7 Å². The lowest BCUT2D eigenvalue weighted by atomic mass is 10.5. The molecule has 68 valence electrons. The Hall–Kier alpha value is -1.84. The molecule has 0 atom stereocenters. The Morgan fingerprint density at radius 1 is 1.38 bits per heavy atom. The van der Waals surface area contributed by atoms with Gasteiger partial charge in [0.15, 0.2) is 0 Å². The molecule has 0 unspecified atom stereocenters. The minimum Gasteiger partial charge on any atom is -0.382 e. The molecular weight excluding hydrogens is 164 g/mol. The molecule has 2 aromatic rings. The fourth-order valence-corrected chi connectivity index (χ4v) is 1.08. The van der Waals surface area contributed by atoms with Crippen LogP contribution in [0.3, 0.4) is 0 Å². The van der Waals surface area contributed by atoms with Gasteiger partial charge >= 0.3 is 0 Å². The van der Waals surface area contributed by atoms with E-state index >= 15 is 0 Å². The molecule has 2 aromatic heterocycles. The van der Waals surface area contributed by atoms with E-state index in [2.05, 4.69) is 23.1 Å². The van der Waals surface area contributed by atoms with Gasteiger partial charge in [0.1, 0.15) is 17.2 Å². The molecule has 0 saturated heterocycles. The topological polar surface area (TPSA) is 56.2 Å². The van der Waals surface area contributed by atoms with Crippen molar-refractivity contribution in [2.75, 3.05) is 5.73 Å². The van der Waals surface area contributed by atoms with Gasteiger partial charge in [-0.3, -0.25) is 4.40 Å². The maximum Gasteiger partial charge on any atom is 0.149 e. The summed E-state index contributed by atoms with van der Waals surface area (Å²) in [5, 5.41) is 0. The summed E-state index contributed by atoms with van der Waals surface area (Å²) in [6, 6.07) is 0. The van der Waals surface area contributed by atoms with Crippen molar-refractivity contribution in [3.05, 3.63) is 37.6 Å². The second-order valence-electron chi connectivity index (χ2n) is 2.37. The Balaban J connectivity index is 0.000000396. The molecule has 2 heterocycles. The highest BCUT2D eigenvalue weighted by molar-refractivity contribution is 5.64. The molecule has 0 radical (unpaired) electrons. The predicted octanol–water partition coefficient (Wildman–Crippen LogP) is 1.42. The van der Waals surface area contributed by atoms with Crippen molar-refractivity contribution in [2.45, 2.75) is 6.92 Å². The first-order valence-electron chi connectivity index (χ1n) is 3.83. The molecule has 2 rings (SSSR count). The highest BCUT2D eigenvalue weighted by Crippen LogP contribution is 2.10. The van der Waals surface area contributed by atoms with Crippen LogP contribution in [0.4, 0.5) is 5.82 Å².